The van der Waals surface area contributed by atoms with Crippen LogP contribution in [0.3, 0.4) is 0 Å². The number of carbonyl (C=O) groups excluding carboxylic acids is 1. The number of hydrogen-bond acceptors (Lipinski definition) is 4. The van der Waals surface area contributed by atoms with E-state index in [0.717, 1.165) is 0 Å². The second-order valence-electron chi connectivity index (χ2n) is 1.80. The average Bonchev–Trinajstić information content (AvgIpc) is 2.64. The lowest BCUT2D eigenvalue weighted by Gasteiger charge is -1.89. The molecule has 0 radical (unpaired) electrons. The number of aliphatic hydroxyl groups is 1. The number of epoxide rings is 1. The molecule has 1 rings (SSSR count). The normalized spacial score (nSPS) is 31.8. The Morgan fingerprint density at radius 3 is 2.89 bits per heavy atom. The van der Waals surface area contributed by atoms with Crippen molar-refractivity contribution in [3.8, 4) is 0 Å². The van der Waals surface area contributed by atoms with Gasteiger partial charge in [0.15, 0.2) is 6.10 Å². The lowest BCUT2D eigenvalue weighted by molar-refractivity contribution is -0.142. The van der Waals surface area contributed by atoms with E-state index in [1.165, 1.54) is 7.11 Å². The van der Waals surface area contributed by atoms with E-state index in [-0.39, 0.29) is 12.7 Å². The predicted octanol–water partition coefficient (Wildman–Crippen LogP) is -1.08. The summed E-state index contributed by atoms with van der Waals surface area (Å²) in [6.45, 7) is -0.111. The van der Waals surface area contributed by atoms with E-state index in [4.69, 9.17) is 9.84 Å². The van der Waals surface area contributed by atoms with Crippen LogP contribution in [-0.2, 0) is 14.3 Å². The third-order valence-corrected chi connectivity index (χ3v) is 1.20. The van der Waals surface area contributed by atoms with Crippen LogP contribution < -0.4 is 0 Å². The summed E-state index contributed by atoms with van der Waals surface area (Å²) in [7, 11) is 1.29. The zero-order valence-corrected chi connectivity index (χ0v) is 5.03. The first-order chi connectivity index (χ1) is 4.29. The van der Waals surface area contributed by atoms with E-state index in [9.17, 15) is 4.79 Å². The summed E-state index contributed by atoms with van der Waals surface area (Å²) < 4.78 is 9.03. The SMILES string of the molecule is COC(=O)C1OC1CO. The first-order valence-electron chi connectivity index (χ1n) is 2.63. The molecule has 1 N–H and O–H groups in total. The predicted molar refractivity (Wildman–Crippen MR) is 27.8 cm³/mol. The second-order valence-corrected chi connectivity index (χ2v) is 1.80. The standard InChI is InChI=1S/C5H8O4/c1-8-5(7)4-3(2-6)9-4/h3-4,6H,2H2,1H3. The molecule has 4 heteroatoms. The van der Waals surface area contributed by atoms with Gasteiger partial charge in [-0.2, -0.15) is 0 Å². The highest BCUT2D eigenvalue weighted by Gasteiger charge is 2.45. The summed E-state index contributed by atoms with van der Waals surface area (Å²) in [4.78, 5) is 10.5. The maximum Gasteiger partial charge on any atom is 0.337 e. The molecule has 2 unspecified atom stereocenters. The Labute approximate surface area is 52.4 Å². The molecule has 0 spiro atoms. The first kappa shape index (κ1) is 6.51. The molecule has 2 atom stereocenters. The Hall–Kier alpha value is -0.610. The first-order valence-corrected chi connectivity index (χ1v) is 2.63. The summed E-state index contributed by atoms with van der Waals surface area (Å²) in [6, 6.07) is 0. The van der Waals surface area contributed by atoms with Gasteiger partial charge in [-0.15, -0.1) is 0 Å². The summed E-state index contributed by atoms with van der Waals surface area (Å²) in [5.74, 6) is -0.408. The second kappa shape index (κ2) is 2.33. The highest BCUT2D eigenvalue weighted by molar-refractivity contribution is 5.77. The monoisotopic (exact) mass is 132 g/mol. The molecule has 1 heterocycles. The third-order valence-electron chi connectivity index (χ3n) is 1.20. The van der Waals surface area contributed by atoms with Crippen molar-refractivity contribution in [3.05, 3.63) is 0 Å². The van der Waals surface area contributed by atoms with Gasteiger partial charge in [0.05, 0.1) is 13.7 Å². The molecule has 9 heavy (non-hydrogen) atoms. The molecule has 1 aliphatic heterocycles. The maximum atomic E-state index is 10.5. The van der Waals surface area contributed by atoms with Crippen molar-refractivity contribution in [2.45, 2.75) is 12.2 Å². The molecule has 1 saturated heterocycles. The van der Waals surface area contributed by atoms with Gasteiger partial charge in [0.1, 0.15) is 6.10 Å². The molecule has 0 bridgehead atoms. The van der Waals surface area contributed by atoms with Crippen LogP contribution in [0.5, 0.6) is 0 Å². The highest BCUT2D eigenvalue weighted by Crippen LogP contribution is 2.21. The van der Waals surface area contributed by atoms with Crippen molar-refractivity contribution in [1.29, 1.82) is 0 Å². The molecule has 4 nitrogen and oxygen atoms in total. The molecule has 0 aliphatic carbocycles. The van der Waals surface area contributed by atoms with Crippen LogP contribution in [0.1, 0.15) is 0 Å². The van der Waals surface area contributed by atoms with Gasteiger partial charge in [0, 0.05) is 0 Å². The quantitative estimate of drug-likeness (QED) is 0.383. The minimum atomic E-state index is -0.514. The molecule has 52 valence electrons. The molecule has 0 amide bonds. The van der Waals surface area contributed by atoms with E-state index < -0.39 is 12.1 Å². The Balaban J connectivity index is 2.25. The van der Waals surface area contributed by atoms with E-state index in [0.29, 0.717) is 0 Å². The third kappa shape index (κ3) is 1.20. The lowest BCUT2D eigenvalue weighted by Crippen LogP contribution is -2.12. The van der Waals surface area contributed by atoms with Gasteiger partial charge in [0.25, 0.3) is 0 Å². The number of hydrogen-bond donors (Lipinski definition) is 1. The van der Waals surface area contributed by atoms with Crippen LogP contribution >= 0.6 is 0 Å². The molecule has 0 aromatic heterocycles. The molecular weight excluding hydrogens is 124 g/mol. The highest BCUT2D eigenvalue weighted by atomic mass is 16.6. The molecule has 0 saturated carbocycles. The van der Waals surface area contributed by atoms with Crippen molar-refractivity contribution >= 4 is 5.97 Å². The molecule has 1 aliphatic rings. The van der Waals surface area contributed by atoms with Crippen molar-refractivity contribution < 1.29 is 19.4 Å². The summed E-state index contributed by atoms with van der Waals surface area (Å²) in [5, 5.41) is 8.39. The van der Waals surface area contributed by atoms with Crippen LogP contribution in [-0.4, -0.2) is 37.0 Å². The van der Waals surface area contributed by atoms with Gasteiger partial charge in [-0.25, -0.2) is 4.79 Å². The van der Waals surface area contributed by atoms with Crippen molar-refractivity contribution in [1.82, 2.24) is 0 Å². The van der Waals surface area contributed by atoms with E-state index >= 15 is 0 Å². The van der Waals surface area contributed by atoms with Crippen LogP contribution in [0.2, 0.25) is 0 Å². The van der Waals surface area contributed by atoms with Gasteiger partial charge >= 0.3 is 5.97 Å². The lowest BCUT2D eigenvalue weighted by atomic mass is 10.3. The maximum absolute atomic E-state index is 10.5. The van der Waals surface area contributed by atoms with Crippen LogP contribution in [0, 0.1) is 0 Å². The molecule has 0 aromatic carbocycles. The smallest absolute Gasteiger partial charge is 0.337 e. The average molecular weight is 132 g/mol. The number of carbonyl (C=O) groups is 1. The summed E-state index contributed by atoms with van der Waals surface area (Å²) in [5.41, 5.74) is 0. The van der Waals surface area contributed by atoms with Crippen molar-refractivity contribution in [3.63, 3.8) is 0 Å². The van der Waals surface area contributed by atoms with Crippen LogP contribution in [0.4, 0.5) is 0 Å². The van der Waals surface area contributed by atoms with Crippen molar-refractivity contribution in [2.75, 3.05) is 13.7 Å². The fourth-order valence-corrected chi connectivity index (χ4v) is 0.605. The number of rotatable bonds is 2. The van der Waals surface area contributed by atoms with Gasteiger partial charge in [-0.1, -0.05) is 0 Å². The zero-order valence-electron chi connectivity index (χ0n) is 5.03. The largest absolute Gasteiger partial charge is 0.467 e. The van der Waals surface area contributed by atoms with Gasteiger partial charge in [-0.05, 0) is 0 Å². The summed E-state index contributed by atoms with van der Waals surface area (Å²) >= 11 is 0. The number of methoxy groups -OCH3 is 1. The minimum absolute atomic E-state index is 0.111. The van der Waals surface area contributed by atoms with Crippen LogP contribution in [0.15, 0.2) is 0 Å². The van der Waals surface area contributed by atoms with Gasteiger partial charge in [0.2, 0.25) is 0 Å². The Morgan fingerprint density at radius 2 is 2.56 bits per heavy atom. The minimum Gasteiger partial charge on any atom is -0.467 e. The van der Waals surface area contributed by atoms with Gasteiger partial charge in [-0.3, -0.25) is 0 Å². The molecule has 1 fully saturated rings. The zero-order chi connectivity index (χ0) is 6.85. The van der Waals surface area contributed by atoms with Gasteiger partial charge < -0.3 is 14.6 Å². The number of aliphatic hydroxyl groups excluding tert-OH is 1. The molecular formula is C5H8O4. The van der Waals surface area contributed by atoms with E-state index in [2.05, 4.69) is 4.74 Å². The van der Waals surface area contributed by atoms with Crippen LogP contribution in [0.25, 0.3) is 0 Å². The fraction of sp³-hybridized carbons (Fsp3) is 0.800. The topological polar surface area (TPSA) is 59.1 Å². The molecule has 0 aromatic rings. The number of esters is 1. The van der Waals surface area contributed by atoms with E-state index in [1.807, 2.05) is 0 Å². The Bertz CT molecular complexity index is 122. The summed E-state index contributed by atoms with van der Waals surface area (Å²) in [6.07, 6.45) is -0.836. The Kier molecular flexibility index (Phi) is 1.68. The van der Waals surface area contributed by atoms with E-state index in [1.54, 1.807) is 0 Å². The van der Waals surface area contributed by atoms with Crippen molar-refractivity contribution in [2.24, 2.45) is 0 Å². The number of ether oxygens (including phenoxy) is 2. The fourth-order valence-electron chi connectivity index (χ4n) is 0.605. The Morgan fingerprint density at radius 1 is 1.89 bits per heavy atom.